The first-order valence-corrected chi connectivity index (χ1v) is 13.4. The van der Waals surface area contributed by atoms with Gasteiger partial charge in [-0.2, -0.15) is 0 Å². The summed E-state index contributed by atoms with van der Waals surface area (Å²) in [6.45, 7) is 12.6. The normalized spacial score (nSPS) is 12.2. The fourth-order valence-corrected chi connectivity index (χ4v) is 4.52. The van der Waals surface area contributed by atoms with Crippen molar-refractivity contribution in [2.24, 2.45) is 0 Å². The van der Waals surface area contributed by atoms with Crippen LogP contribution in [0, 0.1) is 0 Å². The minimum atomic E-state index is 0.0384. The Kier molecular flexibility index (Phi) is 10.1. The van der Waals surface area contributed by atoms with Gasteiger partial charge in [0.1, 0.15) is 28.6 Å². The van der Waals surface area contributed by atoms with Crippen LogP contribution in [0.2, 0.25) is 0 Å². The molecule has 4 nitrogen and oxygen atoms in total. The summed E-state index contributed by atoms with van der Waals surface area (Å²) in [5, 5.41) is 32.5. The Labute approximate surface area is 227 Å². The third-order valence-corrected chi connectivity index (χ3v) is 6.74. The van der Waals surface area contributed by atoms with Crippen LogP contribution in [0.5, 0.6) is 17.2 Å². The molecule has 0 bridgehead atoms. The lowest BCUT2D eigenvalue weighted by Crippen LogP contribution is -1.97. The van der Waals surface area contributed by atoms with Crippen LogP contribution in [-0.2, 0) is 12.8 Å². The molecule has 0 spiro atoms. The van der Waals surface area contributed by atoms with E-state index in [0.717, 1.165) is 42.2 Å². The highest BCUT2D eigenvalue weighted by Gasteiger charge is 2.21. The van der Waals surface area contributed by atoms with Gasteiger partial charge in [-0.15, -0.1) is 0 Å². The molecular formula is C34H42O4. The van der Waals surface area contributed by atoms with Crippen LogP contribution in [0.3, 0.4) is 0 Å². The van der Waals surface area contributed by atoms with Gasteiger partial charge in [0.15, 0.2) is 0 Å². The number of phenols is 3. The van der Waals surface area contributed by atoms with E-state index >= 15 is 0 Å². The quantitative estimate of drug-likeness (QED) is 0.223. The van der Waals surface area contributed by atoms with Crippen molar-refractivity contribution in [3.63, 3.8) is 0 Å². The maximum Gasteiger partial charge on any atom is 0.138 e. The Balaban J connectivity index is 1.92. The van der Waals surface area contributed by atoms with E-state index in [4.69, 9.17) is 4.42 Å². The van der Waals surface area contributed by atoms with Crippen LogP contribution in [-0.4, -0.2) is 15.3 Å². The molecule has 0 saturated carbocycles. The van der Waals surface area contributed by atoms with Gasteiger partial charge in [-0.25, -0.2) is 0 Å². The van der Waals surface area contributed by atoms with Gasteiger partial charge in [-0.05, 0) is 98.3 Å². The molecule has 0 fully saturated rings. The SMILES string of the molecule is CC(C)=CCC/C(C)=C\CC/C(C)=C\Cc1c(O)cc(O)c(CC=C(C)C)c1-c1cc2ccc(O)cc2o1. The fraction of sp³-hybridized carbons (Fsp3) is 0.353. The molecule has 38 heavy (non-hydrogen) atoms. The fourth-order valence-electron chi connectivity index (χ4n) is 4.52. The second kappa shape index (κ2) is 13.2. The second-order valence-electron chi connectivity index (χ2n) is 10.7. The van der Waals surface area contributed by atoms with Crippen molar-refractivity contribution in [2.75, 3.05) is 0 Å². The van der Waals surface area contributed by atoms with Crippen LogP contribution >= 0.6 is 0 Å². The average molecular weight is 515 g/mol. The summed E-state index contributed by atoms with van der Waals surface area (Å²) in [4.78, 5) is 0. The first-order valence-electron chi connectivity index (χ1n) is 13.4. The molecule has 0 aliphatic carbocycles. The lowest BCUT2D eigenvalue weighted by molar-refractivity contribution is 0.443. The van der Waals surface area contributed by atoms with Gasteiger partial charge >= 0.3 is 0 Å². The minimum absolute atomic E-state index is 0.0384. The van der Waals surface area contributed by atoms with Gasteiger partial charge in [0, 0.05) is 34.2 Å². The van der Waals surface area contributed by atoms with Crippen molar-refractivity contribution < 1.29 is 19.7 Å². The zero-order chi connectivity index (χ0) is 27.8. The topological polar surface area (TPSA) is 73.8 Å². The van der Waals surface area contributed by atoms with E-state index in [1.807, 2.05) is 19.9 Å². The first kappa shape index (κ1) is 28.9. The summed E-state index contributed by atoms with van der Waals surface area (Å²) in [5.41, 5.74) is 7.85. The maximum atomic E-state index is 10.9. The van der Waals surface area contributed by atoms with Crippen LogP contribution in [0.4, 0.5) is 0 Å². The molecule has 0 saturated heterocycles. The maximum absolute atomic E-state index is 10.9. The van der Waals surface area contributed by atoms with E-state index in [2.05, 4.69) is 52.0 Å². The highest BCUT2D eigenvalue weighted by molar-refractivity contribution is 5.86. The van der Waals surface area contributed by atoms with E-state index < -0.39 is 0 Å². The number of hydrogen-bond acceptors (Lipinski definition) is 4. The molecule has 4 heteroatoms. The number of furan rings is 1. The lowest BCUT2D eigenvalue weighted by atomic mass is 9.91. The number of hydrogen-bond donors (Lipinski definition) is 3. The van der Waals surface area contributed by atoms with E-state index in [1.54, 1.807) is 18.2 Å². The summed E-state index contributed by atoms with van der Waals surface area (Å²) >= 11 is 0. The number of rotatable bonds is 11. The Hall–Kier alpha value is -3.66. The Morgan fingerprint density at radius 2 is 1.26 bits per heavy atom. The highest BCUT2D eigenvalue weighted by Crippen LogP contribution is 2.42. The smallest absolute Gasteiger partial charge is 0.138 e. The molecule has 0 aliphatic rings. The monoisotopic (exact) mass is 514 g/mol. The minimum Gasteiger partial charge on any atom is -0.508 e. The average Bonchev–Trinajstić information content (AvgIpc) is 3.24. The largest absolute Gasteiger partial charge is 0.508 e. The first-order chi connectivity index (χ1) is 18.0. The number of fused-ring (bicyclic) bond motifs is 1. The summed E-state index contributed by atoms with van der Waals surface area (Å²) in [6, 6.07) is 8.34. The van der Waals surface area contributed by atoms with Gasteiger partial charge in [0.05, 0.1) is 0 Å². The second-order valence-corrected chi connectivity index (χ2v) is 10.7. The molecular weight excluding hydrogens is 472 g/mol. The van der Waals surface area contributed by atoms with Crippen LogP contribution in [0.1, 0.15) is 78.4 Å². The van der Waals surface area contributed by atoms with E-state index in [-0.39, 0.29) is 17.2 Å². The van der Waals surface area contributed by atoms with Crippen molar-refractivity contribution in [1.82, 2.24) is 0 Å². The Morgan fingerprint density at radius 1 is 0.684 bits per heavy atom. The summed E-state index contributed by atoms with van der Waals surface area (Å²) in [6.07, 6.45) is 13.9. The van der Waals surface area contributed by atoms with E-state index in [9.17, 15) is 15.3 Å². The third-order valence-electron chi connectivity index (χ3n) is 6.74. The van der Waals surface area contributed by atoms with Gasteiger partial charge in [-0.3, -0.25) is 0 Å². The van der Waals surface area contributed by atoms with Crippen LogP contribution in [0.15, 0.2) is 81.3 Å². The molecule has 0 amide bonds. The molecule has 1 aromatic heterocycles. The van der Waals surface area contributed by atoms with Crippen molar-refractivity contribution >= 4 is 11.0 Å². The predicted octanol–water partition coefficient (Wildman–Crippen LogP) is 9.69. The molecule has 1 heterocycles. The molecule has 3 N–H and O–H groups in total. The third kappa shape index (κ3) is 7.92. The zero-order valence-electron chi connectivity index (χ0n) is 23.7. The van der Waals surface area contributed by atoms with E-state index in [0.29, 0.717) is 35.3 Å². The van der Waals surface area contributed by atoms with E-state index in [1.165, 1.54) is 22.8 Å². The standard InChI is InChI=1S/C34H42O4/c1-22(2)9-7-10-24(5)11-8-12-25(6)14-18-29-31(37)21-30(36)28(17-13-23(3)4)34(29)33-19-26-15-16-27(35)20-32(26)38-33/h9,11,13-16,19-21,35-37H,7-8,10,12,17-18H2,1-6H3/b24-11-,25-14-. The molecule has 0 aliphatic heterocycles. The zero-order valence-corrected chi connectivity index (χ0v) is 23.7. The van der Waals surface area contributed by atoms with Gasteiger partial charge < -0.3 is 19.7 Å². The van der Waals surface area contributed by atoms with Gasteiger partial charge in [-0.1, -0.05) is 46.6 Å². The van der Waals surface area contributed by atoms with Crippen LogP contribution in [0.25, 0.3) is 22.3 Å². The summed E-state index contributed by atoms with van der Waals surface area (Å²) < 4.78 is 6.14. The van der Waals surface area contributed by atoms with Gasteiger partial charge in [0.2, 0.25) is 0 Å². The van der Waals surface area contributed by atoms with Crippen molar-refractivity contribution in [1.29, 1.82) is 0 Å². The Bertz CT molecular complexity index is 1390. The van der Waals surface area contributed by atoms with Crippen molar-refractivity contribution in [3.05, 3.63) is 88.1 Å². The molecule has 2 aromatic carbocycles. The Morgan fingerprint density at radius 3 is 1.89 bits per heavy atom. The van der Waals surface area contributed by atoms with Crippen molar-refractivity contribution in [2.45, 2.75) is 80.1 Å². The summed E-state index contributed by atoms with van der Waals surface area (Å²) in [7, 11) is 0. The predicted molar refractivity (Wildman–Crippen MR) is 159 cm³/mol. The lowest BCUT2D eigenvalue weighted by Gasteiger charge is -2.16. The highest BCUT2D eigenvalue weighted by atomic mass is 16.3. The number of phenolic OH excluding ortho intramolecular Hbond substituents is 3. The molecule has 0 unspecified atom stereocenters. The molecule has 3 aromatic rings. The summed E-state index contributed by atoms with van der Waals surface area (Å²) in [5.74, 6) is 0.768. The van der Waals surface area contributed by atoms with Crippen LogP contribution < -0.4 is 0 Å². The van der Waals surface area contributed by atoms with Crippen molar-refractivity contribution in [3.8, 4) is 28.6 Å². The van der Waals surface area contributed by atoms with Gasteiger partial charge in [0.25, 0.3) is 0 Å². The molecule has 3 rings (SSSR count). The number of benzene rings is 2. The molecule has 0 radical (unpaired) electrons. The molecule has 0 atom stereocenters. The molecule has 202 valence electrons. The number of aromatic hydroxyl groups is 3. The number of allylic oxidation sites excluding steroid dienone is 8.